The van der Waals surface area contributed by atoms with Crippen molar-refractivity contribution in [3.05, 3.63) is 7.11 Å². The highest BCUT2D eigenvalue weighted by Crippen LogP contribution is 2.28. The number of hydrogen-bond acceptors (Lipinski definition) is 1. The molecule has 0 aromatic carbocycles. The van der Waals surface area contributed by atoms with Crippen LogP contribution in [0.2, 0.25) is 0 Å². The van der Waals surface area contributed by atoms with Gasteiger partial charge in [-0.1, -0.05) is 0 Å². The molecule has 10 heavy (non-hydrogen) atoms. The average Bonchev–Trinajstić information content (AvgIpc) is 1.60. The van der Waals surface area contributed by atoms with Gasteiger partial charge in [0.05, 0.1) is 19.1 Å². The third kappa shape index (κ3) is 4.61. The van der Waals surface area contributed by atoms with Crippen LogP contribution in [0, 0.1) is 7.11 Å². The molecule has 0 aliphatic heterocycles. The molecule has 0 aromatic rings. The van der Waals surface area contributed by atoms with Crippen molar-refractivity contribution in [1.82, 2.24) is 0 Å². The van der Waals surface area contributed by atoms with Gasteiger partial charge in [0.2, 0.25) is 0 Å². The Morgan fingerprint density at radius 2 is 1.70 bits per heavy atom. The van der Waals surface area contributed by atoms with Crippen LogP contribution in [-0.4, -0.2) is 11.8 Å². The van der Waals surface area contributed by atoms with Crippen molar-refractivity contribution in [2.24, 2.45) is 0 Å². The second-order valence-corrected chi connectivity index (χ2v) is 2.70. The van der Waals surface area contributed by atoms with Crippen LogP contribution in [0.1, 0.15) is 20.3 Å². The van der Waals surface area contributed by atoms with Crippen LogP contribution in [0.3, 0.4) is 0 Å². The number of halogens is 3. The molecule has 0 aromatic heterocycles. The van der Waals surface area contributed by atoms with Crippen LogP contribution in [0.15, 0.2) is 0 Å². The van der Waals surface area contributed by atoms with E-state index in [1.165, 1.54) is 13.8 Å². The molecule has 0 spiro atoms. The van der Waals surface area contributed by atoms with Crippen LogP contribution in [0.4, 0.5) is 13.2 Å². The van der Waals surface area contributed by atoms with Gasteiger partial charge in [0, 0.05) is 0 Å². The fraction of sp³-hybridized carbons (Fsp3) is 0.833. The largest absolute Gasteiger partial charge is 0.391 e. The standard InChI is InChI=1S/C6H10F3O/c1-5(2,10-3)4-6(7,8)9/h3-4H2,1-2H3. The van der Waals surface area contributed by atoms with Gasteiger partial charge in [0.15, 0.2) is 0 Å². The molecule has 0 aliphatic carbocycles. The Hall–Kier alpha value is -0.250. The number of hydrogen-bond donors (Lipinski definition) is 0. The Balaban J connectivity index is 3.89. The van der Waals surface area contributed by atoms with E-state index in [1.807, 2.05) is 0 Å². The lowest BCUT2D eigenvalue weighted by Gasteiger charge is -2.23. The summed E-state index contributed by atoms with van der Waals surface area (Å²) in [5.41, 5.74) is -1.21. The van der Waals surface area contributed by atoms with Crippen molar-refractivity contribution in [3.63, 3.8) is 0 Å². The lowest BCUT2D eigenvalue weighted by atomic mass is 10.1. The van der Waals surface area contributed by atoms with E-state index in [9.17, 15) is 13.2 Å². The second-order valence-electron chi connectivity index (χ2n) is 2.70. The zero-order chi connectivity index (χ0) is 8.41. The monoisotopic (exact) mass is 155 g/mol. The van der Waals surface area contributed by atoms with E-state index in [-0.39, 0.29) is 0 Å². The van der Waals surface area contributed by atoms with Crippen molar-refractivity contribution in [2.45, 2.75) is 32.0 Å². The molecule has 0 aliphatic rings. The van der Waals surface area contributed by atoms with Crippen LogP contribution in [0.25, 0.3) is 0 Å². The molecular weight excluding hydrogens is 145 g/mol. The van der Waals surface area contributed by atoms with Gasteiger partial charge in [-0.2, -0.15) is 13.2 Å². The fourth-order valence-corrected chi connectivity index (χ4v) is 0.534. The van der Waals surface area contributed by atoms with Gasteiger partial charge in [0.25, 0.3) is 0 Å². The highest BCUT2D eigenvalue weighted by molar-refractivity contribution is 4.72. The number of alkyl halides is 3. The Morgan fingerprint density at radius 3 is 1.80 bits per heavy atom. The van der Waals surface area contributed by atoms with Gasteiger partial charge in [-0.05, 0) is 13.8 Å². The Kier molecular flexibility index (Phi) is 2.71. The molecule has 61 valence electrons. The van der Waals surface area contributed by atoms with Crippen LogP contribution >= 0.6 is 0 Å². The molecule has 0 amide bonds. The molecule has 0 heterocycles. The van der Waals surface area contributed by atoms with Crippen molar-refractivity contribution in [2.75, 3.05) is 0 Å². The van der Waals surface area contributed by atoms with Crippen LogP contribution in [-0.2, 0) is 4.74 Å². The Bertz CT molecular complexity index is 106. The van der Waals surface area contributed by atoms with E-state index in [2.05, 4.69) is 11.8 Å². The first-order valence-electron chi connectivity index (χ1n) is 2.77. The highest BCUT2D eigenvalue weighted by Gasteiger charge is 2.36. The summed E-state index contributed by atoms with van der Waals surface area (Å²) in [6.07, 6.45) is -5.15. The smallest absolute Gasteiger partial charge is 0.373 e. The zero-order valence-electron chi connectivity index (χ0n) is 5.96. The summed E-state index contributed by atoms with van der Waals surface area (Å²) in [5.74, 6) is 0. The third-order valence-electron chi connectivity index (χ3n) is 1.02. The first-order valence-corrected chi connectivity index (χ1v) is 2.77. The quantitative estimate of drug-likeness (QED) is 0.595. The predicted molar refractivity (Wildman–Crippen MR) is 31.2 cm³/mol. The Labute approximate surface area is 58.2 Å². The van der Waals surface area contributed by atoms with E-state index in [1.54, 1.807) is 0 Å². The summed E-state index contributed by atoms with van der Waals surface area (Å²) < 4.78 is 39.2. The molecule has 0 saturated heterocycles. The van der Waals surface area contributed by atoms with Crippen molar-refractivity contribution >= 4 is 0 Å². The molecule has 0 saturated carbocycles. The minimum absolute atomic E-state index is 0.969. The van der Waals surface area contributed by atoms with Gasteiger partial charge in [0.1, 0.15) is 0 Å². The Morgan fingerprint density at radius 1 is 1.30 bits per heavy atom. The number of ether oxygens (including phenoxy) is 1. The van der Waals surface area contributed by atoms with Gasteiger partial charge in [-0.3, -0.25) is 0 Å². The molecule has 0 N–H and O–H groups in total. The molecule has 1 nitrogen and oxygen atoms in total. The fourth-order valence-electron chi connectivity index (χ4n) is 0.534. The molecule has 4 heteroatoms. The third-order valence-corrected chi connectivity index (χ3v) is 1.02. The van der Waals surface area contributed by atoms with Crippen molar-refractivity contribution in [3.8, 4) is 0 Å². The van der Waals surface area contributed by atoms with E-state index < -0.39 is 18.2 Å². The highest BCUT2D eigenvalue weighted by atomic mass is 19.4. The minimum Gasteiger partial charge on any atom is -0.373 e. The molecule has 1 radical (unpaired) electrons. The molecule has 0 rings (SSSR count). The first-order chi connectivity index (χ1) is 4.27. The topological polar surface area (TPSA) is 9.23 Å². The molecule has 0 atom stereocenters. The van der Waals surface area contributed by atoms with E-state index in [4.69, 9.17) is 0 Å². The average molecular weight is 155 g/mol. The summed E-state index contributed by atoms with van der Waals surface area (Å²) >= 11 is 0. The van der Waals surface area contributed by atoms with E-state index in [0.29, 0.717) is 0 Å². The van der Waals surface area contributed by atoms with Crippen molar-refractivity contribution in [1.29, 1.82) is 0 Å². The van der Waals surface area contributed by atoms with Gasteiger partial charge < -0.3 is 4.74 Å². The number of rotatable bonds is 2. The predicted octanol–water partition coefficient (Wildman–Crippen LogP) is 2.53. The summed E-state index contributed by atoms with van der Waals surface area (Å²) in [4.78, 5) is 0. The maximum Gasteiger partial charge on any atom is 0.391 e. The maximum absolute atomic E-state index is 11.6. The summed E-state index contributed by atoms with van der Waals surface area (Å²) in [6.45, 7) is 2.68. The van der Waals surface area contributed by atoms with Crippen LogP contribution < -0.4 is 0 Å². The molecule has 0 fully saturated rings. The lowest BCUT2D eigenvalue weighted by molar-refractivity contribution is -0.170. The second kappa shape index (κ2) is 2.78. The maximum atomic E-state index is 11.6. The van der Waals surface area contributed by atoms with Gasteiger partial charge in [-0.15, -0.1) is 0 Å². The summed E-state index contributed by atoms with van der Waals surface area (Å²) in [7, 11) is 2.94. The van der Waals surface area contributed by atoms with Gasteiger partial charge >= 0.3 is 6.18 Å². The van der Waals surface area contributed by atoms with Gasteiger partial charge in [-0.25, -0.2) is 0 Å². The van der Waals surface area contributed by atoms with Crippen LogP contribution in [0.5, 0.6) is 0 Å². The molecule has 0 bridgehead atoms. The lowest BCUT2D eigenvalue weighted by Crippen LogP contribution is -2.29. The zero-order valence-corrected chi connectivity index (χ0v) is 5.96. The summed E-state index contributed by atoms with van der Waals surface area (Å²) in [5, 5.41) is 0. The normalized spacial score (nSPS) is 13.8. The van der Waals surface area contributed by atoms with E-state index >= 15 is 0 Å². The minimum atomic E-state index is -4.18. The first kappa shape index (κ1) is 9.75. The molecular formula is C6H10F3O. The summed E-state index contributed by atoms with van der Waals surface area (Å²) in [6, 6.07) is 0. The SMILES string of the molecule is [CH2]OC(C)(C)CC(F)(F)F. The molecule has 0 unspecified atom stereocenters. The van der Waals surface area contributed by atoms with E-state index in [0.717, 1.165) is 0 Å². The van der Waals surface area contributed by atoms with Crippen molar-refractivity contribution < 1.29 is 17.9 Å².